The van der Waals surface area contributed by atoms with Crippen molar-refractivity contribution in [1.82, 2.24) is 0 Å². The van der Waals surface area contributed by atoms with E-state index in [2.05, 4.69) is 0 Å². The van der Waals surface area contributed by atoms with E-state index in [9.17, 15) is 0 Å². The number of hydrogen-bond donors (Lipinski definition) is 0. The fourth-order valence-corrected chi connectivity index (χ4v) is 7.37. The molecule has 9 atom stereocenters. The molecule has 52 heavy (non-hydrogen) atoms. The summed E-state index contributed by atoms with van der Waals surface area (Å²) in [6.07, 6.45) is -0.700. The lowest BCUT2D eigenvalue weighted by molar-refractivity contribution is -0.381. The van der Waals surface area contributed by atoms with E-state index in [-0.39, 0.29) is 6.61 Å². The van der Waals surface area contributed by atoms with Crippen LogP contribution in [0.25, 0.3) is 0 Å². The molecule has 9 nitrogen and oxygen atoms in total. The van der Waals surface area contributed by atoms with Crippen LogP contribution in [0.1, 0.15) is 36.1 Å². The van der Waals surface area contributed by atoms with E-state index in [0.29, 0.717) is 26.4 Å². The first-order valence-corrected chi connectivity index (χ1v) is 18.1. The Balaban J connectivity index is 1.16. The van der Waals surface area contributed by atoms with Gasteiger partial charge in [0.1, 0.15) is 42.7 Å². The fraction of sp³-hybridized carbons (Fsp3) is 0.395. The van der Waals surface area contributed by atoms with Crippen LogP contribution in [0.4, 0.5) is 0 Å². The van der Waals surface area contributed by atoms with Crippen molar-refractivity contribution in [2.24, 2.45) is 0 Å². The minimum atomic E-state index is -1.40. The molecular weight excluding hydrogens is 660 g/mol. The van der Waals surface area contributed by atoms with Gasteiger partial charge in [-0.1, -0.05) is 127 Å². The Morgan fingerprint density at radius 1 is 0.538 bits per heavy atom. The highest BCUT2D eigenvalue weighted by atomic mass is 16.9. The highest BCUT2D eigenvalue weighted by molar-refractivity contribution is 5.21. The van der Waals surface area contributed by atoms with Crippen molar-refractivity contribution in [2.45, 2.75) is 101 Å². The molecule has 4 heterocycles. The molecule has 9 heteroatoms. The van der Waals surface area contributed by atoms with Gasteiger partial charge in [-0.05, 0) is 42.2 Å². The molecule has 0 aromatic heterocycles. The Kier molecular flexibility index (Phi) is 10.7. The average Bonchev–Trinajstić information content (AvgIpc) is 3.65. The molecule has 0 bridgehead atoms. The predicted molar refractivity (Wildman–Crippen MR) is 191 cm³/mol. The first-order valence-electron chi connectivity index (χ1n) is 18.1. The third kappa shape index (κ3) is 7.94. The summed E-state index contributed by atoms with van der Waals surface area (Å²) in [7, 11) is 0. The van der Waals surface area contributed by atoms with Crippen LogP contribution in [0.3, 0.4) is 0 Å². The number of hydrogen-bond acceptors (Lipinski definition) is 9. The molecule has 0 N–H and O–H groups in total. The lowest BCUT2D eigenvalue weighted by atomic mass is 9.88. The molecule has 0 saturated carbocycles. The standard InChI is InChI=1S/C43H46O9/c1-42(2)50-39-37-34(48-41(39)52-42)23-24-43(51-37)40(47-28-33-21-13-6-14-22-33)38(46-27-32-19-11-5-12-20-32)36(45-26-31-17-9-4-10-18-31)35(49-43)29-44-25-30-15-7-3-8-16-30/h3-24,34-41H,25-29H2,1-2H3/t34-,35-,36-,37+,38+,39-,40-,41-,43-/m1/s1. The topological polar surface area (TPSA) is 83.1 Å². The van der Waals surface area contributed by atoms with E-state index in [1.807, 2.05) is 147 Å². The van der Waals surface area contributed by atoms with Crippen LogP contribution in [-0.2, 0) is 69.1 Å². The second-order valence-electron chi connectivity index (χ2n) is 14.1. The summed E-state index contributed by atoms with van der Waals surface area (Å²) >= 11 is 0. The molecule has 0 radical (unpaired) electrons. The number of benzene rings is 4. The van der Waals surface area contributed by atoms with Gasteiger partial charge in [-0.2, -0.15) is 0 Å². The van der Waals surface area contributed by atoms with Crippen molar-refractivity contribution in [3.8, 4) is 0 Å². The van der Waals surface area contributed by atoms with Gasteiger partial charge in [0.2, 0.25) is 5.79 Å². The minimum Gasteiger partial charge on any atom is -0.374 e. The molecule has 4 aromatic rings. The highest BCUT2D eigenvalue weighted by Crippen LogP contribution is 2.47. The Labute approximate surface area is 305 Å². The summed E-state index contributed by atoms with van der Waals surface area (Å²) in [5.74, 6) is -2.22. The van der Waals surface area contributed by atoms with E-state index < -0.39 is 60.6 Å². The maximum atomic E-state index is 7.13. The molecule has 4 aliphatic rings. The monoisotopic (exact) mass is 706 g/mol. The van der Waals surface area contributed by atoms with Crippen molar-refractivity contribution in [3.63, 3.8) is 0 Å². The predicted octanol–water partition coefficient (Wildman–Crippen LogP) is 6.89. The van der Waals surface area contributed by atoms with Gasteiger partial charge < -0.3 is 42.6 Å². The van der Waals surface area contributed by atoms with Crippen LogP contribution >= 0.6 is 0 Å². The van der Waals surface area contributed by atoms with Gasteiger partial charge in [-0.15, -0.1) is 0 Å². The van der Waals surface area contributed by atoms with Crippen molar-refractivity contribution < 1.29 is 42.6 Å². The first-order chi connectivity index (χ1) is 25.4. The summed E-state index contributed by atoms with van der Waals surface area (Å²) in [5, 5.41) is 0. The van der Waals surface area contributed by atoms with Crippen molar-refractivity contribution in [2.75, 3.05) is 6.61 Å². The van der Waals surface area contributed by atoms with Gasteiger partial charge in [0.05, 0.1) is 33.0 Å². The Morgan fingerprint density at radius 2 is 1.06 bits per heavy atom. The fourth-order valence-electron chi connectivity index (χ4n) is 7.37. The lowest BCUT2D eigenvalue weighted by Gasteiger charge is -2.53. The molecule has 3 fully saturated rings. The van der Waals surface area contributed by atoms with Crippen LogP contribution in [0.5, 0.6) is 0 Å². The van der Waals surface area contributed by atoms with E-state index >= 15 is 0 Å². The van der Waals surface area contributed by atoms with E-state index in [1.54, 1.807) is 0 Å². The van der Waals surface area contributed by atoms with E-state index in [0.717, 1.165) is 22.3 Å². The van der Waals surface area contributed by atoms with Gasteiger partial charge in [-0.25, -0.2) is 0 Å². The van der Waals surface area contributed by atoms with Gasteiger partial charge in [0.15, 0.2) is 12.1 Å². The molecule has 1 spiro atoms. The maximum absolute atomic E-state index is 7.13. The Hall–Kier alpha value is -3.74. The molecule has 0 unspecified atom stereocenters. The van der Waals surface area contributed by atoms with E-state index in [4.69, 9.17) is 42.6 Å². The molecule has 272 valence electrons. The summed E-state index contributed by atoms with van der Waals surface area (Å²) in [5.41, 5.74) is 4.12. The minimum absolute atomic E-state index is 0.215. The van der Waals surface area contributed by atoms with Gasteiger partial charge in [-0.3, -0.25) is 0 Å². The quantitative estimate of drug-likeness (QED) is 0.138. The SMILES string of the molecule is CC1(C)O[C@H]2O[C@@H]3C=C[C@]4(O[C@@H]3[C@H]2O1)O[C@H](COCc1ccccc1)[C@@H](OCc1ccccc1)[C@H](OCc1ccccc1)[C@H]4OCc1ccccc1. The summed E-state index contributed by atoms with van der Waals surface area (Å²) < 4.78 is 60.0. The molecule has 4 aliphatic heterocycles. The number of fused-ring (bicyclic) bond motifs is 3. The zero-order chi connectivity index (χ0) is 35.4. The van der Waals surface area contributed by atoms with Crippen LogP contribution in [0, 0.1) is 0 Å². The summed E-state index contributed by atoms with van der Waals surface area (Å²) in [6.45, 7) is 5.33. The molecule has 3 saturated heterocycles. The van der Waals surface area contributed by atoms with Crippen LogP contribution in [0.15, 0.2) is 133 Å². The van der Waals surface area contributed by atoms with Crippen molar-refractivity contribution in [3.05, 3.63) is 156 Å². The lowest BCUT2D eigenvalue weighted by Crippen LogP contribution is -2.69. The first kappa shape index (κ1) is 35.3. The Morgan fingerprint density at radius 3 is 1.63 bits per heavy atom. The smallest absolute Gasteiger partial charge is 0.218 e. The molecule has 0 aliphatic carbocycles. The average molecular weight is 707 g/mol. The molecule has 0 amide bonds. The number of ether oxygens (including phenoxy) is 9. The van der Waals surface area contributed by atoms with Crippen LogP contribution < -0.4 is 0 Å². The molecule has 4 aromatic carbocycles. The summed E-state index contributed by atoms with van der Waals surface area (Å²) in [6, 6.07) is 40.3. The molecule has 8 rings (SSSR count). The van der Waals surface area contributed by atoms with Gasteiger partial charge in [0, 0.05) is 0 Å². The highest BCUT2D eigenvalue weighted by Gasteiger charge is 2.64. The second-order valence-corrected chi connectivity index (χ2v) is 14.1. The van der Waals surface area contributed by atoms with Crippen molar-refractivity contribution >= 4 is 0 Å². The third-order valence-corrected chi connectivity index (χ3v) is 9.82. The van der Waals surface area contributed by atoms with Crippen LogP contribution in [-0.4, -0.2) is 67.2 Å². The largest absolute Gasteiger partial charge is 0.374 e. The van der Waals surface area contributed by atoms with Crippen LogP contribution in [0.2, 0.25) is 0 Å². The van der Waals surface area contributed by atoms with Gasteiger partial charge >= 0.3 is 0 Å². The second kappa shape index (κ2) is 15.7. The zero-order valence-corrected chi connectivity index (χ0v) is 29.5. The third-order valence-electron chi connectivity index (χ3n) is 9.82. The van der Waals surface area contributed by atoms with Gasteiger partial charge in [0.25, 0.3) is 0 Å². The van der Waals surface area contributed by atoms with E-state index in [1.165, 1.54) is 0 Å². The summed E-state index contributed by atoms with van der Waals surface area (Å²) in [4.78, 5) is 0. The Bertz CT molecular complexity index is 1740. The van der Waals surface area contributed by atoms with Crippen molar-refractivity contribution in [1.29, 1.82) is 0 Å². The zero-order valence-electron chi connectivity index (χ0n) is 29.5. The maximum Gasteiger partial charge on any atom is 0.218 e. The normalized spacial score (nSPS) is 31.7. The molecular formula is C43H46O9. The number of rotatable bonds is 13.